The van der Waals surface area contributed by atoms with Crippen molar-refractivity contribution < 1.29 is 0 Å². The Kier molecular flexibility index (Phi) is 5.25. The second-order valence-electron chi connectivity index (χ2n) is 4.30. The minimum Gasteiger partial charge on any atom is -0.310 e. The Morgan fingerprint density at radius 2 is 2.22 bits per heavy atom. The number of benzene rings is 1. The van der Waals surface area contributed by atoms with Gasteiger partial charge in [-0.25, -0.2) is 0 Å². The Morgan fingerprint density at radius 3 is 2.89 bits per heavy atom. The monoisotopic (exact) mass is 343 g/mol. The molecule has 18 heavy (non-hydrogen) atoms. The van der Waals surface area contributed by atoms with Crippen LogP contribution in [0.3, 0.4) is 0 Å². The molecule has 0 spiro atoms. The van der Waals surface area contributed by atoms with Crippen molar-refractivity contribution in [2.45, 2.75) is 25.9 Å². The summed E-state index contributed by atoms with van der Waals surface area (Å²) in [6.45, 7) is 3.01. The first-order chi connectivity index (χ1) is 8.65. The molecule has 0 amide bonds. The summed E-state index contributed by atoms with van der Waals surface area (Å²) in [6, 6.07) is 10.7. The van der Waals surface area contributed by atoms with Gasteiger partial charge >= 0.3 is 0 Å². The highest BCUT2D eigenvalue weighted by molar-refractivity contribution is 9.10. The van der Waals surface area contributed by atoms with Crippen LogP contribution in [0.15, 0.2) is 40.2 Å². The summed E-state index contributed by atoms with van der Waals surface area (Å²) in [4.78, 5) is 1.41. The van der Waals surface area contributed by atoms with Crippen molar-refractivity contribution in [3.05, 3.63) is 55.6 Å². The van der Waals surface area contributed by atoms with Crippen molar-refractivity contribution in [3.8, 4) is 0 Å². The number of hydrogen-bond donors (Lipinski definition) is 1. The molecule has 0 saturated heterocycles. The molecule has 96 valence electrons. The summed E-state index contributed by atoms with van der Waals surface area (Å²) in [7, 11) is 0. The summed E-state index contributed by atoms with van der Waals surface area (Å²) >= 11 is 11.4. The van der Waals surface area contributed by atoms with Crippen LogP contribution in [-0.2, 0) is 13.0 Å². The maximum absolute atomic E-state index is 6.19. The molecule has 0 aliphatic rings. The number of nitrogens with one attached hydrogen (secondary N) is 1. The van der Waals surface area contributed by atoms with E-state index in [0.29, 0.717) is 6.04 Å². The average molecular weight is 345 g/mol. The van der Waals surface area contributed by atoms with E-state index < -0.39 is 0 Å². The van der Waals surface area contributed by atoms with Gasteiger partial charge in [0, 0.05) is 27.0 Å². The van der Waals surface area contributed by atoms with Crippen LogP contribution >= 0.6 is 38.9 Å². The number of rotatable bonds is 5. The lowest BCUT2D eigenvalue weighted by atomic mass is 10.1. The van der Waals surface area contributed by atoms with Gasteiger partial charge in [0.2, 0.25) is 0 Å². The molecular weight excluding hydrogens is 330 g/mol. The van der Waals surface area contributed by atoms with Gasteiger partial charge < -0.3 is 5.32 Å². The lowest BCUT2D eigenvalue weighted by Crippen LogP contribution is -2.27. The highest BCUT2D eigenvalue weighted by Crippen LogP contribution is 2.21. The van der Waals surface area contributed by atoms with Crippen molar-refractivity contribution in [3.63, 3.8) is 0 Å². The maximum atomic E-state index is 6.19. The fourth-order valence-electron chi connectivity index (χ4n) is 1.75. The van der Waals surface area contributed by atoms with Crippen LogP contribution < -0.4 is 5.32 Å². The van der Waals surface area contributed by atoms with E-state index in [0.717, 1.165) is 28.0 Å². The van der Waals surface area contributed by atoms with Crippen LogP contribution in [-0.4, -0.2) is 6.04 Å². The van der Waals surface area contributed by atoms with Gasteiger partial charge in [0.15, 0.2) is 0 Å². The van der Waals surface area contributed by atoms with Crippen molar-refractivity contribution in [2.75, 3.05) is 0 Å². The molecule has 1 atom stereocenters. The van der Waals surface area contributed by atoms with E-state index in [1.165, 1.54) is 4.88 Å². The normalized spacial score (nSPS) is 12.6. The average Bonchev–Trinajstić information content (AvgIpc) is 2.80. The summed E-state index contributed by atoms with van der Waals surface area (Å²) < 4.78 is 1.02. The van der Waals surface area contributed by atoms with E-state index in [4.69, 9.17) is 11.6 Å². The summed E-state index contributed by atoms with van der Waals surface area (Å²) in [5.41, 5.74) is 1.14. The molecule has 0 aliphatic heterocycles. The van der Waals surface area contributed by atoms with Crippen molar-refractivity contribution in [1.82, 2.24) is 5.32 Å². The van der Waals surface area contributed by atoms with Crippen molar-refractivity contribution >= 4 is 38.9 Å². The smallest absolute Gasteiger partial charge is 0.0462 e. The molecule has 2 rings (SSSR count). The van der Waals surface area contributed by atoms with Gasteiger partial charge in [0.1, 0.15) is 0 Å². The number of thiophene rings is 1. The summed E-state index contributed by atoms with van der Waals surface area (Å²) in [5, 5.41) is 6.43. The Morgan fingerprint density at radius 1 is 1.39 bits per heavy atom. The molecular formula is C14H15BrClNS. The van der Waals surface area contributed by atoms with Gasteiger partial charge in [-0.3, -0.25) is 0 Å². The minimum absolute atomic E-state index is 0.448. The Balaban J connectivity index is 1.87. The van der Waals surface area contributed by atoms with E-state index >= 15 is 0 Å². The van der Waals surface area contributed by atoms with E-state index in [9.17, 15) is 0 Å². The van der Waals surface area contributed by atoms with Crippen LogP contribution in [0.1, 0.15) is 17.4 Å². The fourth-order valence-corrected chi connectivity index (χ4v) is 3.33. The number of halogens is 2. The van der Waals surface area contributed by atoms with E-state index in [2.05, 4.69) is 51.7 Å². The molecule has 1 aromatic carbocycles. The van der Waals surface area contributed by atoms with Crippen LogP contribution in [0, 0.1) is 0 Å². The molecule has 0 radical (unpaired) electrons. The first-order valence-electron chi connectivity index (χ1n) is 5.85. The molecule has 1 nitrogen and oxygen atoms in total. The molecule has 1 aromatic heterocycles. The lowest BCUT2D eigenvalue weighted by Gasteiger charge is -2.13. The zero-order valence-electron chi connectivity index (χ0n) is 10.1. The predicted octanol–water partition coefficient (Wildman–Crippen LogP) is 4.88. The molecule has 0 saturated carbocycles. The van der Waals surface area contributed by atoms with Crippen LogP contribution in [0.5, 0.6) is 0 Å². The zero-order chi connectivity index (χ0) is 13.0. The lowest BCUT2D eigenvalue weighted by molar-refractivity contribution is 0.548. The van der Waals surface area contributed by atoms with Gasteiger partial charge in [0.25, 0.3) is 0 Å². The van der Waals surface area contributed by atoms with Gasteiger partial charge in [0.05, 0.1) is 0 Å². The zero-order valence-corrected chi connectivity index (χ0v) is 13.3. The standard InChI is InChI=1S/C14H15BrClNS/c1-10(7-13-3-2-6-18-13)17-9-11-4-5-12(15)8-14(11)16/h2-6,8,10,17H,7,9H2,1H3. The van der Waals surface area contributed by atoms with Crippen LogP contribution in [0.2, 0.25) is 5.02 Å². The molecule has 1 N–H and O–H groups in total. The van der Waals surface area contributed by atoms with Crippen LogP contribution in [0.4, 0.5) is 0 Å². The topological polar surface area (TPSA) is 12.0 Å². The largest absolute Gasteiger partial charge is 0.310 e. The van der Waals surface area contributed by atoms with Gasteiger partial charge in [-0.15, -0.1) is 11.3 Å². The Labute approximate surface area is 125 Å². The number of hydrogen-bond acceptors (Lipinski definition) is 2. The van der Waals surface area contributed by atoms with Crippen LogP contribution in [0.25, 0.3) is 0 Å². The third-order valence-corrected chi connectivity index (χ3v) is 4.49. The van der Waals surface area contributed by atoms with Gasteiger partial charge in [-0.2, -0.15) is 0 Å². The molecule has 1 heterocycles. The summed E-state index contributed by atoms with van der Waals surface area (Å²) in [6.07, 6.45) is 1.06. The SMILES string of the molecule is CC(Cc1cccs1)NCc1ccc(Br)cc1Cl. The molecule has 4 heteroatoms. The second-order valence-corrected chi connectivity index (χ2v) is 6.66. The van der Waals surface area contributed by atoms with Gasteiger partial charge in [-0.1, -0.05) is 39.7 Å². The quantitative estimate of drug-likeness (QED) is 0.814. The molecule has 1 unspecified atom stereocenters. The van der Waals surface area contributed by atoms with E-state index in [1.54, 1.807) is 11.3 Å². The third-order valence-electron chi connectivity index (χ3n) is 2.74. The third kappa shape index (κ3) is 4.09. The van der Waals surface area contributed by atoms with E-state index in [1.807, 2.05) is 12.1 Å². The fraction of sp³-hybridized carbons (Fsp3) is 0.286. The van der Waals surface area contributed by atoms with Gasteiger partial charge in [-0.05, 0) is 42.5 Å². The van der Waals surface area contributed by atoms with Crippen molar-refractivity contribution in [1.29, 1.82) is 0 Å². The first kappa shape index (κ1) is 14.1. The van der Waals surface area contributed by atoms with E-state index in [-0.39, 0.29) is 0 Å². The Bertz CT molecular complexity index is 499. The first-order valence-corrected chi connectivity index (χ1v) is 7.90. The minimum atomic E-state index is 0.448. The molecule has 0 bridgehead atoms. The Hall–Kier alpha value is -0.350. The molecule has 2 aromatic rings. The predicted molar refractivity (Wildman–Crippen MR) is 83.5 cm³/mol. The highest BCUT2D eigenvalue weighted by atomic mass is 79.9. The highest BCUT2D eigenvalue weighted by Gasteiger charge is 2.06. The second kappa shape index (κ2) is 6.71. The molecule has 0 aliphatic carbocycles. The van der Waals surface area contributed by atoms with Crippen molar-refractivity contribution in [2.24, 2.45) is 0 Å². The summed E-state index contributed by atoms with van der Waals surface area (Å²) in [5.74, 6) is 0. The maximum Gasteiger partial charge on any atom is 0.0462 e. The molecule has 0 fully saturated rings.